The Bertz CT molecular complexity index is 433. The minimum atomic E-state index is -1.48. The van der Waals surface area contributed by atoms with Crippen LogP contribution < -0.4 is 5.46 Å². The SMILES string of the molecule is Cc1cc(B(O)O)c2occc2c1. The van der Waals surface area contributed by atoms with E-state index in [4.69, 9.17) is 14.5 Å². The van der Waals surface area contributed by atoms with Gasteiger partial charge in [-0.25, -0.2) is 0 Å². The van der Waals surface area contributed by atoms with Crippen molar-refractivity contribution in [2.24, 2.45) is 0 Å². The molecule has 3 nitrogen and oxygen atoms in total. The fourth-order valence-electron chi connectivity index (χ4n) is 1.46. The van der Waals surface area contributed by atoms with Gasteiger partial charge in [-0.15, -0.1) is 0 Å². The van der Waals surface area contributed by atoms with Crippen LogP contribution in [-0.2, 0) is 0 Å². The molecule has 0 saturated heterocycles. The van der Waals surface area contributed by atoms with Gasteiger partial charge in [-0.3, -0.25) is 0 Å². The van der Waals surface area contributed by atoms with Crippen LogP contribution in [0.15, 0.2) is 28.9 Å². The van der Waals surface area contributed by atoms with Crippen LogP contribution in [0.2, 0.25) is 0 Å². The first kappa shape index (κ1) is 8.35. The molecule has 1 aromatic carbocycles. The Kier molecular flexibility index (Phi) is 1.86. The highest BCUT2D eigenvalue weighted by atomic mass is 16.4. The molecule has 2 aromatic rings. The summed E-state index contributed by atoms with van der Waals surface area (Å²) in [7, 11) is -1.48. The average molecular weight is 176 g/mol. The zero-order valence-electron chi connectivity index (χ0n) is 7.19. The summed E-state index contributed by atoms with van der Waals surface area (Å²) in [6.07, 6.45) is 1.54. The number of rotatable bonds is 1. The number of benzene rings is 1. The molecule has 1 aromatic heterocycles. The van der Waals surface area contributed by atoms with E-state index in [2.05, 4.69) is 0 Å². The van der Waals surface area contributed by atoms with E-state index in [1.807, 2.05) is 13.0 Å². The molecule has 2 N–H and O–H groups in total. The van der Waals surface area contributed by atoms with Gasteiger partial charge in [0, 0.05) is 10.8 Å². The van der Waals surface area contributed by atoms with E-state index in [1.165, 1.54) is 6.26 Å². The first-order valence-corrected chi connectivity index (χ1v) is 4.02. The zero-order valence-corrected chi connectivity index (χ0v) is 7.19. The summed E-state index contributed by atoms with van der Waals surface area (Å²) in [5, 5.41) is 19.0. The Labute approximate surface area is 75.8 Å². The largest absolute Gasteiger partial charge is 0.492 e. The third-order valence-corrected chi connectivity index (χ3v) is 2.00. The van der Waals surface area contributed by atoms with Crippen LogP contribution in [0.25, 0.3) is 11.0 Å². The number of fused-ring (bicyclic) bond motifs is 1. The molecule has 0 atom stereocenters. The summed E-state index contributed by atoms with van der Waals surface area (Å²) in [6.45, 7) is 1.90. The van der Waals surface area contributed by atoms with Crippen molar-refractivity contribution in [3.63, 3.8) is 0 Å². The van der Waals surface area contributed by atoms with Gasteiger partial charge in [-0.2, -0.15) is 0 Å². The van der Waals surface area contributed by atoms with E-state index in [0.29, 0.717) is 11.0 Å². The highest BCUT2D eigenvalue weighted by molar-refractivity contribution is 6.61. The first-order chi connectivity index (χ1) is 6.18. The Morgan fingerprint density at radius 3 is 2.77 bits per heavy atom. The second kappa shape index (κ2) is 2.90. The Morgan fingerprint density at radius 1 is 1.31 bits per heavy atom. The van der Waals surface area contributed by atoms with Crippen molar-refractivity contribution in [1.82, 2.24) is 0 Å². The lowest BCUT2D eigenvalue weighted by atomic mass is 9.78. The van der Waals surface area contributed by atoms with E-state index in [0.717, 1.165) is 10.9 Å². The lowest BCUT2D eigenvalue weighted by Crippen LogP contribution is -2.30. The molecule has 0 amide bonds. The van der Waals surface area contributed by atoms with Gasteiger partial charge in [-0.05, 0) is 19.1 Å². The number of hydrogen-bond acceptors (Lipinski definition) is 3. The first-order valence-electron chi connectivity index (χ1n) is 4.02. The molecule has 0 radical (unpaired) electrons. The molecular weight excluding hydrogens is 167 g/mol. The number of furan rings is 1. The van der Waals surface area contributed by atoms with Crippen LogP contribution in [0.4, 0.5) is 0 Å². The summed E-state index contributed by atoms with van der Waals surface area (Å²) < 4.78 is 5.15. The molecule has 66 valence electrons. The predicted molar refractivity (Wildman–Crippen MR) is 50.8 cm³/mol. The maximum Gasteiger partial charge on any atom is 0.492 e. The fourth-order valence-corrected chi connectivity index (χ4v) is 1.46. The van der Waals surface area contributed by atoms with Crippen molar-refractivity contribution in [1.29, 1.82) is 0 Å². The maximum absolute atomic E-state index is 9.06. The molecule has 2 rings (SSSR count). The Hall–Kier alpha value is -1.26. The van der Waals surface area contributed by atoms with Gasteiger partial charge in [-0.1, -0.05) is 11.6 Å². The molecule has 0 bridgehead atoms. The van der Waals surface area contributed by atoms with E-state index in [1.54, 1.807) is 12.1 Å². The highest BCUT2D eigenvalue weighted by Gasteiger charge is 2.17. The summed E-state index contributed by atoms with van der Waals surface area (Å²) in [6, 6.07) is 5.44. The van der Waals surface area contributed by atoms with Crippen molar-refractivity contribution < 1.29 is 14.5 Å². The molecular formula is C9H9BO3. The second-order valence-corrected chi connectivity index (χ2v) is 3.07. The Balaban J connectivity index is 2.77. The highest BCUT2D eigenvalue weighted by Crippen LogP contribution is 2.14. The van der Waals surface area contributed by atoms with Crippen molar-refractivity contribution in [3.05, 3.63) is 30.0 Å². The van der Waals surface area contributed by atoms with Crippen LogP contribution in [-0.4, -0.2) is 17.2 Å². The predicted octanol–water partition coefficient (Wildman–Crippen LogP) is 0.421. The van der Waals surface area contributed by atoms with Gasteiger partial charge < -0.3 is 14.5 Å². The Morgan fingerprint density at radius 2 is 2.08 bits per heavy atom. The van der Waals surface area contributed by atoms with E-state index in [9.17, 15) is 0 Å². The molecule has 0 aliphatic heterocycles. The molecule has 0 aliphatic rings. The van der Waals surface area contributed by atoms with Crippen molar-refractivity contribution in [3.8, 4) is 0 Å². The van der Waals surface area contributed by atoms with Crippen molar-refractivity contribution in [2.75, 3.05) is 0 Å². The van der Waals surface area contributed by atoms with Gasteiger partial charge in [0.25, 0.3) is 0 Å². The third-order valence-electron chi connectivity index (χ3n) is 2.00. The van der Waals surface area contributed by atoms with Gasteiger partial charge in [0.05, 0.1) is 6.26 Å². The lowest BCUT2D eigenvalue weighted by molar-refractivity contribution is 0.425. The van der Waals surface area contributed by atoms with Crippen LogP contribution >= 0.6 is 0 Å². The van der Waals surface area contributed by atoms with Gasteiger partial charge in [0.2, 0.25) is 0 Å². The molecule has 0 unspecified atom stereocenters. The summed E-state index contributed by atoms with van der Waals surface area (Å²) in [5.41, 5.74) is 1.94. The zero-order chi connectivity index (χ0) is 9.42. The minimum Gasteiger partial charge on any atom is -0.465 e. The van der Waals surface area contributed by atoms with Gasteiger partial charge >= 0.3 is 7.12 Å². The monoisotopic (exact) mass is 176 g/mol. The quantitative estimate of drug-likeness (QED) is 0.619. The van der Waals surface area contributed by atoms with E-state index in [-0.39, 0.29) is 0 Å². The van der Waals surface area contributed by atoms with Gasteiger partial charge in [0.15, 0.2) is 0 Å². The third kappa shape index (κ3) is 1.34. The fraction of sp³-hybridized carbons (Fsp3) is 0.111. The van der Waals surface area contributed by atoms with Crippen molar-refractivity contribution >= 4 is 23.6 Å². The van der Waals surface area contributed by atoms with E-state index < -0.39 is 7.12 Å². The molecule has 1 heterocycles. The topological polar surface area (TPSA) is 53.6 Å². The van der Waals surface area contributed by atoms with E-state index >= 15 is 0 Å². The average Bonchev–Trinajstić information content (AvgIpc) is 2.49. The standard InChI is InChI=1S/C9H9BO3/c1-6-4-7-2-3-13-9(7)8(5-6)10(11)12/h2-5,11-12H,1H3. The minimum absolute atomic E-state index is 0.417. The number of hydrogen-bond donors (Lipinski definition) is 2. The van der Waals surface area contributed by atoms with Crippen LogP contribution in [0.3, 0.4) is 0 Å². The number of aryl methyl sites for hydroxylation is 1. The summed E-state index contributed by atoms with van der Waals surface area (Å²) >= 11 is 0. The normalized spacial score (nSPS) is 10.7. The second-order valence-electron chi connectivity index (χ2n) is 3.07. The molecule has 0 spiro atoms. The maximum atomic E-state index is 9.06. The molecule has 0 aliphatic carbocycles. The smallest absolute Gasteiger partial charge is 0.465 e. The molecule has 4 heteroatoms. The van der Waals surface area contributed by atoms with Gasteiger partial charge in [0.1, 0.15) is 5.58 Å². The van der Waals surface area contributed by atoms with Crippen LogP contribution in [0.1, 0.15) is 5.56 Å². The summed E-state index contributed by atoms with van der Waals surface area (Å²) in [5.74, 6) is 0. The molecule has 13 heavy (non-hydrogen) atoms. The van der Waals surface area contributed by atoms with Crippen molar-refractivity contribution in [2.45, 2.75) is 6.92 Å². The van der Waals surface area contributed by atoms with Crippen LogP contribution in [0, 0.1) is 6.92 Å². The molecule has 0 fully saturated rings. The molecule has 0 saturated carbocycles. The van der Waals surface area contributed by atoms with Crippen LogP contribution in [0.5, 0.6) is 0 Å². The lowest BCUT2D eigenvalue weighted by Gasteiger charge is -2.01. The summed E-state index contributed by atoms with van der Waals surface area (Å²) in [4.78, 5) is 0.